The van der Waals surface area contributed by atoms with Gasteiger partial charge in [0.15, 0.2) is 0 Å². The Balaban J connectivity index is 2.51. The number of methoxy groups -OCH3 is 3. The molecule has 0 amide bonds. The third-order valence-corrected chi connectivity index (χ3v) is 4.93. The summed E-state index contributed by atoms with van der Waals surface area (Å²) in [6.45, 7) is 3.78. The monoisotopic (exact) mass is 352 g/mol. The van der Waals surface area contributed by atoms with Gasteiger partial charge in [-0.25, -0.2) is 0 Å². The lowest BCUT2D eigenvalue weighted by Crippen LogP contribution is -2.27. The van der Waals surface area contributed by atoms with Gasteiger partial charge >= 0.3 is 0 Å². The Labute approximate surface area is 146 Å². The molecule has 1 heterocycles. The summed E-state index contributed by atoms with van der Waals surface area (Å²) in [5, 5.41) is 12.5. The van der Waals surface area contributed by atoms with Crippen LogP contribution in [0.3, 0.4) is 0 Å². The molecule has 0 saturated heterocycles. The van der Waals surface area contributed by atoms with Crippen molar-refractivity contribution in [1.29, 1.82) is 0 Å². The Kier molecular flexibility index (Phi) is 4.51. The number of halogens is 1. The normalized spacial score (nSPS) is 23.0. The van der Waals surface area contributed by atoms with Crippen molar-refractivity contribution in [3.8, 4) is 17.2 Å². The van der Waals surface area contributed by atoms with Crippen LogP contribution in [0, 0.1) is 0 Å². The van der Waals surface area contributed by atoms with E-state index in [-0.39, 0.29) is 12.2 Å². The molecule has 5 nitrogen and oxygen atoms in total. The van der Waals surface area contributed by atoms with Crippen molar-refractivity contribution in [2.75, 3.05) is 21.3 Å². The number of aliphatic hydroxyl groups excluding tert-OH is 1. The van der Waals surface area contributed by atoms with E-state index < -0.39 is 6.10 Å². The van der Waals surface area contributed by atoms with Crippen LogP contribution in [0.25, 0.3) is 10.8 Å². The Morgan fingerprint density at radius 1 is 0.958 bits per heavy atom. The summed E-state index contributed by atoms with van der Waals surface area (Å²) in [6.07, 6.45) is -1.31. The second kappa shape index (κ2) is 6.31. The maximum absolute atomic E-state index is 10.6. The minimum atomic E-state index is -0.761. The highest BCUT2D eigenvalue weighted by Crippen LogP contribution is 2.51. The zero-order valence-corrected chi connectivity index (χ0v) is 15.1. The summed E-state index contributed by atoms with van der Waals surface area (Å²) in [5.41, 5.74) is 1.58. The van der Waals surface area contributed by atoms with E-state index in [2.05, 4.69) is 0 Å². The number of aliphatic hydroxyl groups is 1. The average molecular weight is 353 g/mol. The molecule has 3 rings (SSSR count). The standard InChI is InChI=1S/C18H21ClO5/c1-8-14-10(18(20)9(2)24-8)6-11(21-3)15-12(22-4)7-13(23-5)17(19)16(14)15/h6-9,18,20H,1-5H3/t8-,9+,18+/m1/s1. The van der Waals surface area contributed by atoms with Crippen molar-refractivity contribution in [2.24, 2.45) is 0 Å². The first kappa shape index (κ1) is 17.1. The fourth-order valence-electron chi connectivity index (χ4n) is 3.41. The molecule has 3 atom stereocenters. The van der Waals surface area contributed by atoms with Gasteiger partial charge in [0.1, 0.15) is 23.4 Å². The van der Waals surface area contributed by atoms with Crippen molar-refractivity contribution < 1.29 is 24.1 Å². The molecule has 2 aromatic rings. The van der Waals surface area contributed by atoms with E-state index in [0.717, 1.165) is 21.9 Å². The maximum atomic E-state index is 10.6. The van der Waals surface area contributed by atoms with Crippen LogP contribution in [0.15, 0.2) is 12.1 Å². The topological polar surface area (TPSA) is 57.2 Å². The molecule has 0 aliphatic carbocycles. The third-order valence-electron chi connectivity index (χ3n) is 4.56. The van der Waals surface area contributed by atoms with Gasteiger partial charge in [-0.2, -0.15) is 0 Å². The molecule has 0 fully saturated rings. The molecule has 1 aliphatic rings. The predicted molar refractivity (Wildman–Crippen MR) is 92.5 cm³/mol. The highest BCUT2D eigenvalue weighted by Gasteiger charge is 2.34. The van der Waals surface area contributed by atoms with Crippen LogP contribution in [0.1, 0.15) is 37.2 Å². The summed E-state index contributed by atoms with van der Waals surface area (Å²) in [6, 6.07) is 3.57. The van der Waals surface area contributed by atoms with E-state index in [4.69, 9.17) is 30.5 Å². The molecule has 1 aliphatic heterocycles. The van der Waals surface area contributed by atoms with Crippen LogP contribution >= 0.6 is 11.6 Å². The molecule has 24 heavy (non-hydrogen) atoms. The summed E-state index contributed by atoms with van der Waals surface area (Å²) in [7, 11) is 4.71. The molecule has 0 spiro atoms. The predicted octanol–water partition coefficient (Wildman–Crippen LogP) is 4.03. The van der Waals surface area contributed by atoms with Gasteiger partial charge in [-0.05, 0) is 31.0 Å². The summed E-state index contributed by atoms with van der Waals surface area (Å²) < 4.78 is 22.3. The quantitative estimate of drug-likeness (QED) is 0.903. The van der Waals surface area contributed by atoms with E-state index in [1.165, 1.54) is 0 Å². The minimum Gasteiger partial charge on any atom is -0.496 e. The second-order valence-electron chi connectivity index (χ2n) is 5.86. The maximum Gasteiger partial charge on any atom is 0.141 e. The largest absolute Gasteiger partial charge is 0.496 e. The fraction of sp³-hybridized carbons (Fsp3) is 0.444. The first-order valence-corrected chi connectivity index (χ1v) is 8.10. The van der Waals surface area contributed by atoms with Crippen LogP contribution in [-0.2, 0) is 4.74 Å². The smallest absolute Gasteiger partial charge is 0.141 e. The molecule has 1 N–H and O–H groups in total. The average Bonchev–Trinajstić information content (AvgIpc) is 2.58. The highest BCUT2D eigenvalue weighted by molar-refractivity contribution is 6.38. The lowest BCUT2D eigenvalue weighted by atomic mass is 9.87. The van der Waals surface area contributed by atoms with E-state index in [1.54, 1.807) is 27.4 Å². The van der Waals surface area contributed by atoms with Gasteiger partial charge in [0.05, 0.1) is 43.9 Å². The van der Waals surface area contributed by atoms with Crippen molar-refractivity contribution in [3.63, 3.8) is 0 Å². The molecule has 6 heteroatoms. The minimum absolute atomic E-state index is 0.235. The van der Waals surface area contributed by atoms with Crippen LogP contribution in [-0.4, -0.2) is 32.5 Å². The van der Waals surface area contributed by atoms with Gasteiger partial charge < -0.3 is 24.1 Å². The molecule has 130 valence electrons. The Morgan fingerprint density at radius 3 is 2.12 bits per heavy atom. The summed E-state index contributed by atoms with van der Waals surface area (Å²) in [5.74, 6) is 1.67. The highest BCUT2D eigenvalue weighted by atomic mass is 35.5. The molecule has 0 saturated carbocycles. The molecule has 0 unspecified atom stereocenters. The van der Waals surface area contributed by atoms with Crippen LogP contribution < -0.4 is 14.2 Å². The Bertz CT molecular complexity index is 789. The number of hydrogen-bond donors (Lipinski definition) is 1. The van der Waals surface area contributed by atoms with E-state index in [0.29, 0.717) is 22.3 Å². The van der Waals surface area contributed by atoms with E-state index in [1.807, 2.05) is 19.9 Å². The Hall–Kier alpha value is -1.69. The van der Waals surface area contributed by atoms with Gasteiger partial charge in [0.2, 0.25) is 0 Å². The Morgan fingerprint density at radius 2 is 1.54 bits per heavy atom. The van der Waals surface area contributed by atoms with Crippen LogP contribution in [0.4, 0.5) is 0 Å². The van der Waals surface area contributed by atoms with E-state index >= 15 is 0 Å². The van der Waals surface area contributed by atoms with Gasteiger partial charge in [0, 0.05) is 11.5 Å². The SMILES string of the molecule is COc1cc(OC)c2c(OC)cc3c(c2c1Cl)[C@@H](C)O[C@@H](C)[C@@H]3O. The number of rotatable bonds is 3. The summed E-state index contributed by atoms with van der Waals surface area (Å²) >= 11 is 6.61. The molecular weight excluding hydrogens is 332 g/mol. The van der Waals surface area contributed by atoms with Crippen molar-refractivity contribution in [1.82, 2.24) is 0 Å². The zero-order valence-electron chi connectivity index (χ0n) is 14.3. The van der Waals surface area contributed by atoms with Crippen molar-refractivity contribution in [3.05, 3.63) is 28.3 Å². The fourth-order valence-corrected chi connectivity index (χ4v) is 3.74. The zero-order chi connectivity index (χ0) is 17.6. The molecule has 0 bridgehead atoms. The van der Waals surface area contributed by atoms with Crippen LogP contribution in [0.2, 0.25) is 5.02 Å². The number of hydrogen-bond acceptors (Lipinski definition) is 5. The van der Waals surface area contributed by atoms with Gasteiger partial charge in [-0.1, -0.05) is 11.6 Å². The van der Waals surface area contributed by atoms with Gasteiger partial charge in [-0.3, -0.25) is 0 Å². The summed E-state index contributed by atoms with van der Waals surface area (Å²) in [4.78, 5) is 0. The number of ether oxygens (including phenoxy) is 4. The molecule has 0 radical (unpaired) electrons. The van der Waals surface area contributed by atoms with E-state index in [9.17, 15) is 5.11 Å². The molecular formula is C18H21ClO5. The molecule has 0 aromatic heterocycles. The van der Waals surface area contributed by atoms with Crippen molar-refractivity contribution in [2.45, 2.75) is 32.2 Å². The van der Waals surface area contributed by atoms with Gasteiger partial charge in [0.25, 0.3) is 0 Å². The third kappa shape index (κ3) is 2.39. The lowest BCUT2D eigenvalue weighted by molar-refractivity contribution is -0.0801. The second-order valence-corrected chi connectivity index (χ2v) is 6.23. The van der Waals surface area contributed by atoms with Crippen LogP contribution in [0.5, 0.6) is 17.2 Å². The molecule has 2 aromatic carbocycles. The van der Waals surface area contributed by atoms with Gasteiger partial charge in [-0.15, -0.1) is 0 Å². The first-order valence-electron chi connectivity index (χ1n) is 7.73. The van der Waals surface area contributed by atoms with Crippen molar-refractivity contribution >= 4 is 22.4 Å². The number of benzene rings is 2. The first-order chi connectivity index (χ1) is 11.4. The lowest BCUT2D eigenvalue weighted by Gasteiger charge is -2.34. The number of fused-ring (bicyclic) bond motifs is 3.